The highest BCUT2D eigenvalue weighted by molar-refractivity contribution is 9.10. The van der Waals surface area contributed by atoms with Gasteiger partial charge in [0, 0.05) is 15.1 Å². The Kier molecular flexibility index (Phi) is 4.88. The van der Waals surface area contributed by atoms with Gasteiger partial charge in [-0.25, -0.2) is 0 Å². The summed E-state index contributed by atoms with van der Waals surface area (Å²) < 4.78 is 2.04. The highest BCUT2D eigenvalue weighted by atomic mass is 79.9. The van der Waals surface area contributed by atoms with Crippen molar-refractivity contribution in [2.24, 2.45) is 5.84 Å². The van der Waals surface area contributed by atoms with Crippen molar-refractivity contribution in [1.29, 1.82) is 0 Å². The van der Waals surface area contributed by atoms with Crippen LogP contribution in [-0.4, -0.2) is 4.98 Å². The monoisotopic (exact) mass is 369 g/mol. The molecule has 0 bridgehead atoms. The topological polar surface area (TPSA) is 50.9 Å². The molecule has 0 saturated carbocycles. The van der Waals surface area contributed by atoms with Gasteiger partial charge in [-0.05, 0) is 52.2 Å². The summed E-state index contributed by atoms with van der Waals surface area (Å²) in [5, 5.41) is 0. The van der Waals surface area contributed by atoms with E-state index in [0.717, 1.165) is 21.1 Å². The lowest BCUT2D eigenvalue weighted by Crippen LogP contribution is -2.30. The number of nitrogens with zero attached hydrogens (tertiary/aromatic N) is 1. The molecule has 0 spiro atoms. The van der Waals surface area contributed by atoms with Crippen LogP contribution in [-0.2, 0) is 6.42 Å². The molecule has 1 heterocycles. The van der Waals surface area contributed by atoms with Gasteiger partial charge < -0.3 is 0 Å². The van der Waals surface area contributed by atoms with Gasteiger partial charge in [0.1, 0.15) is 0 Å². The molecule has 18 heavy (non-hydrogen) atoms. The fourth-order valence-corrected chi connectivity index (χ4v) is 2.20. The quantitative estimate of drug-likeness (QED) is 0.640. The number of hydrazine groups is 1. The van der Waals surface area contributed by atoms with Gasteiger partial charge in [-0.15, -0.1) is 0 Å². The Morgan fingerprint density at radius 2 is 1.72 bits per heavy atom. The van der Waals surface area contributed by atoms with Gasteiger partial charge in [-0.1, -0.05) is 28.1 Å². The van der Waals surface area contributed by atoms with Gasteiger partial charge in [0.25, 0.3) is 0 Å². The van der Waals surface area contributed by atoms with E-state index in [4.69, 9.17) is 5.84 Å². The van der Waals surface area contributed by atoms with E-state index in [1.54, 1.807) is 6.20 Å². The number of hydrogen-bond donors (Lipinski definition) is 2. The van der Waals surface area contributed by atoms with Gasteiger partial charge >= 0.3 is 0 Å². The maximum atomic E-state index is 5.61. The molecule has 1 unspecified atom stereocenters. The normalized spacial score (nSPS) is 12.4. The Bertz CT molecular complexity index is 497. The van der Waals surface area contributed by atoms with Crippen molar-refractivity contribution in [3.8, 4) is 0 Å². The number of hydrogen-bond acceptors (Lipinski definition) is 3. The zero-order valence-electron chi connectivity index (χ0n) is 9.61. The maximum Gasteiger partial charge on any atom is 0.0672 e. The molecule has 1 atom stereocenters. The molecule has 3 nitrogen and oxygen atoms in total. The standard InChI is InChI=1S/C13H13Br2N3/c14-10-3-1-9(2-4-10)7-13(18-16)12-6-5-11(15)8-17-12/h1-6,8,13,18H,7,16H2. The fraction of sp³-hybridized carbons (Fsp3) is 0.154. The van der Waals surface area contributed by atoms with Crippen LogP contribution in [0.1, 0.15) is 17.3 Å². The lowest BCUT2D eigenvalue weighted by molar-refractivity contribution is 0.538. The van der Waals surface area contributed by atoms with Crippen LogP contribution in [0.4, 0.5) is 0 Å². The van der Waals surface area contributed by atoms with E-state index in [1.807, 2.05) is 24.3 Å². The van der Waals surface area contributed by atoms with Crippen LogP contribution in [0.25, 0.3) is 0 Å². The van der Waals surface area contributed by atoms with Crippen LogP contribution < -0.4 is 11.3 Å². The second kappa shape index (κ2) is 6.43. The predicted octanol–water partition coefficient (Wildman–Crippen LogP) is 3.35. The van der Waals surface area contributed by atoms with E-state index in [0.29, 0.717) is 0 Å². The second-order valence-corrected chi connectivity index (χ2v) is 5.78. The van der Waals surface area contributed by atoms with E-state index in [9.17, 15) is 0 Å². The molecule has 0 fully saturated rings. The van der Waals surface area contributed by atoms with Crippen molar-refractivity contribution in [3.63, 3.8) is 0 Å². The van der Waals surface area contributed by atoms with E-state index in [2.05, 4.69) is 54.4 Å². The summed E-state index contributed by atoms with van der Waals surface area (Å²) in [5.74, 6) is 5.61. The summed E-state index contributed by atoms with van der Waals surface area (Å²) in [4.78, 5) is 4.36. The average molecular weight is 371 g/mol. The van der Waals surface area contributed by atoms with Crippen LogP contribution >= 0.6 is 31.9 Å². The number of halogens is 2. The Hall–Kier alpha value is -0.750. The third-order valence-electron chi connectivity index (χ3n) is 2.66. The number of benzene rings is 1. The lowest BCUT2D eigenvalue weighted by atomic mass is 10.0. The van der Waals surface area contributed by atoms with Gasteiger partial charge in [0.15, 0.2) is 0 Å². The first-order valence-electron chi connectivity index (χ1n) is 5.51. The van der Waals surface area contributed by atoms with Crippen LogP contribution in [0.15, 0.2) is 51.5 Å². The first-order valence-corrected chi connectivity index (χ1v) is 7.09. The number of nitrogens with two attached hydrogens (primary N) is 1. The molecule has 1 aromatic carbocycles. The van der Waals surface area contributed by atoms with Gasteiger partial charge in [-0.2, -0.15) is 0 Å². The zero-order valence-corrected chi connectivity index (χ0v) is 12.8. The van der Waals surface area contributed by atoms with Crippen molar-refractivity contribution in [2.45, 2.75) is 12.5 Å². The van der Waals surface area contributed by atoms with Crippen molar-refractivity contribution >= 4 is 31.9 Å². The van der Waals surface area contributed by atoms with E-state index in [-0.39, 0.29) is 6.04 Å². The highest BCUT2D eigenvalue weighted by Crippen LogP contribution is 2.19. The highest BCUT2D eigenvalue weighted by Gasteiger charge is 2.11. The molecule has 3 N–H and O–H groups in total. The largest absolute Gasteiger partial charge is 0.271 e. The second-order valence-electron chi connectivity index (χ2n) is 3.95. The van der Waals surface area contributed by atoms with Crippen molar-refractivity contribution < 1.29 is 0 Å². The van der Waals surface area contributed by atoms with Gasteiger partial charge in [0.2, 0.25) is 0 Å². The SMILES string of the molecule is NNC(Cc1ccc(Br)cc1)c1ccc(Br)cn1. The van der Waals surface area contributed by atoms with E-state index in [1.165, 1.54) is 5.56 Å². The lowest BCUT2D eigenvalue weighted by Gasteiger charge is -2.15. The fourth-order valence-electron chi connectivity index (χ4n) is 1.70. The molecular formula is C13H13Br2N3. The summed E-state index contributed by atoms with van der Waals surface area (Å²) in [6.07, 6.45) is 2.58. The van der Waals surface area contributed by atoms with Crippen molar-refractivity contribution in [2.75, 3.05) is 0 Å². The molecule has 94 valence electrons. The molecule has 2 aromatic rings. The van der Waals surface area contributed by atoms with Gasteiger partial charge in [-0.3, -0.25) is 16.3 Å². The first-order chi connectivity index (χ1) is 8.69. The van der Waals surface area contributed by atoms with Crippen LogP contribution in [0.5, 0.6) is 0 Å². The summed E-state index contributed by atoms with van der Waals surface area (Å²) in [7, 11) is 0. The minimum Gasteiger partial charge on any atom is -0.271 e. The first kappa shape index (κ1) is 13.7. The summed E-state index contributed by atoms with van der Waals surface area (Å²) >= 11 is 6.80. The van der Waals surface area contributed by atoms with Gasteiger partial charge in [0.05, 0.1) is 11.7 Å². The molecule has 5 heteroatoms. The molecule has 2 rings (SSSR count). The van der Waals surface area contributed by atoms with E-state index < -0.39 is 0 Å². The molecule has 0 aliphatic rings. The Morgan fingerprint density at radius 3 is 2.28 bits per heavy atom. The molecule has 0 amide bonds. The Morgan fingerprint density at radius 1 is 1.06 bits per heavy atom. The molecule has 0 saturated heterocycles. The zero-order chi connectivity index (χ0) is 13.0. The number of rotatable bonds is 4. The van der Waals surface area contributed by atoms with Crippen molar-refractivity contribution in [3.05, 3.63) is 62.8 Å². The summed E-state index contributed by atoms with van der Waals surface area (Å²) in [5.41, 5.74) is 4.96. The molecule has 0 aliphatic heterocycles. The van der Waals surface area contributed by atoms with Crippen molar-refractivity contribution in [1.82, 2.24) is 10.4 Å². The van der Waals surface area contributed by atoms with Crippen LogP contribution in [0, 0.1) is 0 Å². The third-order valence-corrected chi connectivity index (χ3v) is 3.66. The molecule has 0 radical (unpaired) electrons. The number of aromatic nitrogens is 1. The Labute approximate surface area is 123 Å². The smallest absolute Gasteiger partial charge is 0.0672 e. The number of pyridine rings is 1. The molecule has 1 aromatic heterocycles. The maximum absolute atomic E-state index is 5.61. The minimum absolute atomic E-state index is 0.0132. The molecular weight excluding hydrogens is 358 g/mol. The summed E-state index contributed by atoms with van der Waals surface area (Å²) in [6, 6.07) is 12.2. The summed E-state index contributed by atoms with van der Waals surface area (Å²) in [6.45, 7) is 0. The molecule has 0 aliphatic carbocycles. The predicted molar refractivity (Wildman–Crippen MR) is 79.8 cm³/mol. The van der Waals surface area contributed by atoms with Crippen LogP contribution in [0.2, 0.25) is 0 Å². The van der Waals surface area contributed by atoms with Crippen LogP contribution in [0.3, 0.4) is 0 Å². The minimum atomic E-state index is 0.0132. The van der Waals surface area contributed by atoms with E-state index >= 15 is 0 Å². The number of nitrogens with one attached hydrogen (secondary N) is 1. The third kappa shape index (κ3) is 3.62. The Balaban J connectivity index is 2.14. The average Bonchev–Trinajstić information content (AvgIpc) is 2.39.